The van der Waals surface area contributed by atoms with Crippen LogP contribution in [0.4, 0.5) is 11.4 Å². The van der Waals surface area contributed by atoms with Gasteiger partial charge in [-0.25, -0.2) is 4.79 Å². The number of nitro benzene ring substituents is 2. The zero-order valence-electron chi connectivity index (χ0n) is 16.8. The van der Waals surface area contributed by atoms with Gasteiger partial charge in [-0.1, -0.05) is 12.1 Å². The maximum absolute atomic E-state index is 12.7. The molecule has 11 heteroatoms. The van der Waals surface area contributed by atoms with Gasteiger partial charge in [0.05, 0.1) is 34.7 Å². The third-order valence-corrected chi connectivity index (χ3v) is 5.08. The van der Waals surface area contributed by atoms with Crippen LogP contribution in [0.2, 0.25) is 0 Å². The lowest BCUT2D eigenvalue weighted by atomic mass is 10.1. The van der Waals surface area contributed by atoms with Gasteiger partial charge in [0, 0.05) is 43.4 Å². The lowest BCUT2D eigenvalue weighted by Crippen LogP contribution is -2.35. The first kappa shape index (κ1) is 21.3. The predicted octanol–water partition coefficient (Wildman–Crippen LogP) is 3.10. The fourth-order valence-corrected chi connectivity index (χ4v) is 3.51. The van der Waals surface area contributed by atoms with E-state index >= 15 is 0 Å². The maximum Gasteiger partial charge on any atom is 0.344 e. The molecule has 3 aromatic rings. The number of ether oxygens (including phenoxy) is 2. The number of esters is 1. The summed E-state index contributed by atoms with van der Waals surface area (Å²) >= 11 is 0. The Morgan fingerprint density at radius 3 is 2.41 bits per heavy atom. The second-order valence-electron chi connectivity index (χ2n) is 7.15. The third kappa shape index (κ3) is 4.53. The molecule has 1 fully saturated rings. The SMILES string of the molecule is O=C(Oc1ccc(CN2CCOCC2)c2cccnc12)c1cc([N+](=O)[O-])cc([N+](=O)[O-])c1. The van der Waals surface area contributed by atoms with E-state index in [0.29, 0.717) is 25.3 Å². The molecule has 0 saturated carbocycles. The number of rotatable bonds is 6. The first-order valence-corrected chi connectivity index (χ1v) is 9.75. The molecule has 0 atom stereocenters. The first-order chi connectivity index (χ1) is 15.4. The van der Waals surface area contributed by atoms with E-state index in [1.165, 1.54) is 0 Å². The van der Waals surface area contributed by atoms with Crippen LogP contribution in [0.15, 0.2) is 48.7 Å². The van der Waals surface area contributed by atoms with Gasteiger partial charge >= 0.3 is 5.97 Å². The molecule has 11 nitrogen and oxygen atoms in total. The van der Waals surface area contributed by atoms with Crippen LogP contribution in [-0.4, -0.2) is 52.0 Å². The zero-order chi connectivity index (χ0) is 22.7. The van der Waals surface area contributed by atoms with Crippen molar-refractivity contribution in [2.75, 3.05) is 26.3 Å². The molecule has 0 amide bonds. The van der Waals surface area contributed by atoms with Crippen LogP contribution in [0, 0.1) is 20.2 Å². The molecule has 1 aliphatic rings. The predicted molar refractivity (Wildman–Crippen MR) is 113 cm³/mol. The minimum atomic E-state index is -0.954. The van der Waals surface area contributed by atoms with Crippen molar-refractivity contribution in [2.24, 2.45) is 0 Å². The highest BCUT2D eigenvalue weighted by molar-refractivity contribution is 5.96. The van der Waals surface area contributed by atoms with Crippen molar-refractivity contribution in [3.8, 4) is 5.75 Å². The average molecular weight is 438 g/mol. The Balaban J connectivity index is 1.65. The minimum absolute atomic E-state index is 0.158. The highest BCUT2D eigenvalue weighted by Gasteiger charge is 2.22. The van der Waals surface area contributed by atoms with Crippen molar-refractivity contribution in [3.05, 3.63) is 80.0 Å². The number of hydrogen-bond donors (Lipinski definition) is 0. The molecule has 164 valence electrons. The summed E-state index contributed by atoms with van der Waals surface area (Å²) in [5.74, 6) is -0.796. The van der Waals surface area contributed by atoms with Crippen LogP contribution >= 0.6 is 0 Å². The number of non-ortho nitro benzene ring substituents is 2. The molecular formula is C21H18N4O7. The molecular weight excluding hydrogens is 420 g/mol. The van der Waals surface area contributed by atoms with E-state index in [4.69, 9.17) is 9.47 Å². The molecule has 0 radical (unpaired) electrons. The van der Waals surface area contributed by atoms with Crippen molar-refractivity contribution in [2.45, 2.75) is 6.54 Å². The van der Waals surface area contributed by atoms with Crippen LogP contribution in [0.25, 0.3) is 10.9 Å². The molecule has 1 aliphatic heterocycles. The Morgan fingerprint density at radius 2 is 1.75 bits per heavy atom. The van der Waals surface area contributed by atoms with Crippen LogP contribution in [-0.2, 0) is 11.3 Å². The number of nitrogens with zero attached hydrogens (tertiary/aromatic N) is 4. The molecule has 0 aliphatic carbocycles. The number of morpholine rings is 1. The molecule has 0 unspecified atom stereocenters. The molecule has 2 aromatic carbocycles. The van der Waals surface area contributed by atoms with Crippen LogP contribution < -0.4 is 4.74 Å². The van der Waals surface area contributed by atoms with Crippen LogP contribution in [0.5, 0.6) is 5.75 Å². The number of fused-ring (bicyclic) bond motifs is 1. The number of benzene rings is 2. The summed E-state index contributed by atoms with van der Waals surface area (Å²) in [4.78, 5) is 39.9. The van der Waals surface area contributed by atoms with Crippen molar-refractivity contribution in [1.29, 1.82) is 0 Å². The molecule has 1 aromatic heterocycles. The van der Waals surface area contributed by atoms with E-state index in [9.17, 15) is 25.0 Å². The second kappa shape index (κ2) is 9.04. The normalized spacial score (nSPS) is 14.2. The van der Waals surface area contributed by atoms with E-state index < -0.39 is 27.2 Å². The number of carbonyl (C=O) groups is 1. The molecule has 0 bridgehead atoms. The van der Waals surface area contributed by atoms with Gasteiger partial charge < -0.3 is 9.47 Å². The van der Waals surface area contributed by atoms with Crippen LogP contribution in [0.3, 0.4) is 0 Å². The lowest BCUT2D eigenvalue weighted by molar-refractivity contribution is -0.394. The van der Waals surface area contributed by atoms with Crippen molar-refractivity contribution in [1.82, 2.24) is 9.88 Å². The standard InChI is InChI=1S/C21H18N4O7/c26-21(15-10-16(24(27)28)12-17(11-15)25(29)30)32-19-4-3-14(13-23-6-8-31-9-7-23)18-2-1-5-22-20(18)19/h1-5,10-12H,6-9,13H2. The monoisotopic (exact) mass is 438 g/mol. The number of aromatic nitrogens is 1. The van der Waals surface area contributed by atoms with E-state index in [1.54, 1.807) is 18.3 Å². The van der Waals surface area contributed by atoms with Gasteiger partial charge in [0.15, 0.2) is 5.75 Å². The Morgan fingerprint density at radius 1 is 1.06 bits per heavy atom. The van der Waals surface area contributed by atoms with Gasteiger partial charge in [-0.3, -0.25) is 30.1 Å². The average Bonchev–Trinajstić information content (AvgIpc) is 2.81. The molecule has 0 N–H and O–H groups in total. The first-order valence-electron chi connectivity index (χ1n) is 9.75. The fourth-order valence-electron chi connectivity index (χ4n) is 3.51. The summed E-state index contributed by atoms with van der Waals surface area (Å²) in [5, 5.41) is 23.0. The third-order valence-electron chi connectivity index (χ3n) is 5.08. The summed E-state index contributed by atoms with van der Waals surface area (Å²) in [7, 11) is 0. The van der Waals surface area contributed by atoms with Crippen molar-refractivity contribution in [3.63, 3.8) is 0 Å². The molecule has 0 spiro atoms. The lowest BCUT2D eigenvalue weighted by Gasteiger charge is -2.27. The minimum Gasteiger partial charge on any atom is -0.421 e. The van der Waals surface area contributed by atoms with E-state index in [0.717, 1.165) is 42.2 Å². The summed E-state index contributed by atoms with van der Waals surface area (Å²) < 4.78 is 10.8. The fraction of sp³-hybridized carbons (Fsp3) is 0.238. The Bertz CT molecular complexity index is 1180. The summed E-state index contributed by atoms with van der Waals surface area (Å²) in [5.41, 5.74) is 0.00434. The Kier molecular flexibility index (Phi) is 6.01. The van der Waals surface area contributed by atoms with Gasteiger partial charge in [-0.05, 0) is 17.7 Å². The van der Waals surface area contributed by atoms with Crippen molar-refractivity contribution >= 4 is 28.2 Å². The van der Waals surface area contributed by atoms with Gasteiger partial charge in [-0.15, -0.1) is 0 Å². The molecule has 4 rings (SSSR count). The highest BCUT2D eigenvalue weighted by atomic mass is 16.6. The largest absolute Gasteiger partial charge is 0.421 e. The van der Waals surface area contributed by atoms with E-state index in [2.05, 4.69) is 9.88 Å². The Hall–Kier alpha value is -3.96. The number of pyridine rings is 1. The number of carbonyl (C=O) groups excluding carboxylic acids is 1. The van der Waals surface area contributed by atoms with Crippen LogP contribution in [0.1, 0.15) is 15.9 Å². The van der Waals surface area contributed by atoms with Gasteiger partial charge in [0.2, 0.25) is 0 Å². The second-order valence-corrected chi connectivity index (χ2v) is 7.15. The van der Waals surface area contributed by atoms with E-state index in [-0.39, 0.29) is 11.3 Å². The van der Waals surface area contributed by atoms with Crippen molar-refractivity contribution < 1.29 is 24.1 Å². The van der Waals surface area contributed by atoms with Gasteiger partial charge in [-0.2, -0.15) is 0 Å². The Labute approximate surface area is 181 Å². The topological polar surface area (TPSA) is 138 Å². The van der Waals surface area contributed by atoms with Gasteiger partial charge in [0.1, 0.15) is 5.52 Å². The summed E-state index contributed by atoms with van der Waals surface area (Å²) in [6, 6.07) is 9.75. The molecule has 1 saturated heterocycles. The summed E-state index contributed by atoms with van der Waals surface area (Å²) in [6.45, 7) is 3.63. The highest BCUT2D eigenvalue weighted by Crippen LogP contribution is 2.29. The molecule has 2 heterocycles. The quantitative estimate of drug-likeness (QED) is 0.246. The number of nitro groups is 2. The van der Waals surface area contributed by atoms with Gasteiger partial charge in [0.25, 0.3) is 11.4 Å². The molecule has 32 heavy (non-hydrogen) atoms. The maximum atomic E-state index is 12.7. The zero-order valence-corrected chi connectivity index (χ0v) is 16.8. The smallest absolute Gasteiger partial charge is 0.344 e. The number of hydrogen-bond acceptors (Lipinski definition) is 9. The summed E-state index contributed by atoms with van der Waals surface area (Å²) in [6.07, 6.45) is 1.57. The van der Waals surface area contributed by atoms with E-state index in [1.807, 2.05) is 12.1 Å².